The van der Waals surface area contributed by atoms with Crippen LogP contribution in [0.5, 0.6) is 0 Å². The number of benzene rings is 1. The Balaban J connectivity index is 2.63. The van der Waals surface area contributed by atoms with E-state index >= 15 is 0 Å². The highest BCUT2D eigenvalue weighted by molar-refractivity contribution is 5.96. The van der Waals surface area contributed by atoms with Gasteiger partial charge in [0.1, 0.15) is 0 Å². The molecule has 0 saturated carbocycles. The fourth-order valence-electron chi connectivity index (χ4n) is 1.48. The number of nitrogen functional groups attached to an aromatic ring is 2. The van der Waals surface area contributed by atoms with Crippen LogP contribution in [-0.4, -0.2) is 25.7 Å². The summed E-state index contributed by atoms with van der Waals surface area (Å²) in [5.74, 6) is -0.174. The van der Waals surface area contributed by atoms with Crippen molar-refractivity contribution in [1.82, 2.24) is 5.32 Å². The van der Waals surface area contributed by atoms with Crippen molar-refractivity contribution in [3.05, 3.63) is 23.8 Å². The van der Waals surface area contributed by atoms with E-state index in [0.717, 1.165) is 6.42 Å². The van der Waals surface area contributed by atoms with Crippen LogP contribution in [0.3, 0.4) is 0 Å². The van der Waals surface area contributed by atoms with Crippen molar-refractivity contribution in [2.24, 2.45) is 0 Å². The Labute approximate surface area is 101 Å². The fraction of sp³-hybridized carbons (Fsp3) is 0.417. The van der Waals surface area contributed by atoms with Gasteiger partial charge in [0.05, 0.1) is 0 Å². The smallest absolute Gasteiger partial charge is 0.251 e. The Morgan fingerprint density at radius 1 is 1.35 bits per heavy atom. The predicted octanol–water partition coefficient (Wildman–Crippen LogP) is 1.01. The zero-order chi connectivity index (χ0) is 12.8. The Hall–Kier alpha value is -1.75. The maximum Gasteiger partial charge on any atom is 0.251 e. The van der Waals surface area contributed by atoms with Crippen LogP contribution in [-0.2, 0) is 4.74 Å². The first kappa shape index (κ1) is 13.3. The van der Waals surface area contributed by atoms with Crippen molar-refractivity contribution < 1.29 is 9.53 Å². The average Bonchev–Trinajstić information content (AvgIpc) is 2.25. The second kappa shape index (κ2) is 6.10. The lowest BCUT2D eigenvalue weighted by atomic mass is 10.1. The Kier molecular flexibility index (Phi) is 4.78. The number of ether oxygens (including phenoxy) is 1. The molecule has 1 aromatic carbocycles. The maximum absolute atomic E-state index is 11.9. The molecule has 5 N–H and O–H groups in total. The van der Waals surface area contributed by atoms with E-state index in [0.29, 0.717) is 23.5 Å². The van der Waals surface area contributed by atoms with Gasteiger partial charge in [-0.15, -0.1) is 0 Å². The Morgan fingerprint density at radius 3 is 2.47 bits per heavy atom. The minimum atomic E-state index is -0.174. The van der Waals surface area contributed by atoms with E-state index in [1.165, 1.54) is 0 Å². The molecule has 0 aromatic heterocycles. The summed E-state index contributed by atoms with van der Waals surface area (Å²) in [6, 6.07) is 4.87. The molecule has 1 atom stereocenters. The Bertz CT molecular complexity index is 373. The second-order valence-corrected chi connectivity index (χ2v) is 4.04. The molecular weight excluding hydrogens is 218 g/mol. The summed E-state index contributed by atoms with van der Waals surface area (Å²) in [5, 5.41) is 2.86. The van der Waals surface area contributed by atoms with Gasteiger partial charge in [-0.25, -0.2) is 0 Å². The molecule has 0 bridgehead atoms. The summed E-state index contributed by atoms with van der Waals surface area (Å²) in [4.78, 5) is 11.9. The van der Waals surface area contributed by atoms with E-state index in [1.807, 2.05) is 6.92 Å². The summed E-state index contributed by atoms with van der Waals surface area (Å²) in [6.45, 7) is 2.53. The van der Waals surface area contributed by atoms with E-state index < -0.39 is 0 Å². The van der Waals surface area contributed by atoms with Gasteiger partial charge in [-0.05, 0) is 31.5 Å². The molecule has 94 valence electrons. The SMILES string of the molecule is COCCC(C)NC(=O)c1cc(N)cc(N)c1. The largest absolute Gasteiger partial charge is 0.399 e. The van der Waals surface area contributed by atoms with E-state index in [9.17, 15) is 4.79 Å². The van der Waals surface area contributed by atoms with Crippen molar-refractivity contribution in [2.75, 3.05) is 25.2 Å². The van der Waals surface area contributed by atoms with Gasteiger partial charge in [0, 0.05) is 36.7 Å². The lowest BCUT2D eigenvalue weighted by molar-refractivity contribution is 0.0929. The van der Waals surface area contributed by atoms with Crippen molar-refractivity contribution in [2.45, 2.75) is 19.4 Å². The number of nitrogens with one attached hydrogen (secondary N) is 1. The van der Waals surface area contributed by atoms with Crippen molar-refractivity contribution in [3.8, 4) is 0 Å². The summed E-state index contributed by atoms with van der Waals surface area (Å²) < 4.78 is 4.95. The van der Waals surface area contributed by atoms with Gasteiger partial charge >= 0.3 is 0 Å². The maximum atomic E-state index is 11.9. The first-order valence-corrected chi connectivity index (χ1v) is 5.48. The monoisotopic (exact) mass is 237 g/mol. The molecular formula is C12H19N3O2. The number of carbonyl (C=O) groups excluding carboxylic acids is 1. The minimum absolute atomic E-state index is 0.0464. The molecule has 0 heterocycles. The topological polar surface area (TPSA) is 90.4 Å². The van der Waals surface area contributed by atoms with Gasteiger partial charge in [0.25, 0.3) is 5.91 Å². The number of nitrogens with two attached hydrogens (primary N) is 2. The first-order chi connectivity index (χ1) is 8.02. The van der Waals surface area contributed by atoms with Crippen LogP contribution in [0.2, 0.25) is 0 Å². The lowest BCUT2D eigenvalue weighted by Crippen LogP contribution is -2.33. The number of carbonyl (C=O) groups is 1. The third-order valence-electron chi connectivity index (χ3n) is 2.37. The molecule has 1 rings (SSSR count). The average molecular weight is 237 g/mol. The summed E-state index contributed by atoms with van der Waals surface area (Å²) in [5.41, 5.74) is 12.7. The van der Waals surface area contributed by atoms with Gasteiger partial charge in [-0.2, -0.15) is 0 Å². The van der Waals surface area contributed by atoms with Crippen molar-refractivity contribution in [3.63, 3.8) is 0 Å². The van der Waals surface area contributed by atoms with E-state index in [1.54, 1.807) is 25.3 Å². The third-order valence-corrected chi connectivity index (χ3v) is 2.37. The van der Waals surface area contributed by atoms with Crippen molar-refractivity contribution in [1.29, 1.82) is 0 Å². The van der Waals surface area contributed by atoms with Crippen LogP contribution in [0, 0.1) is 0 Å². The molecule has 0 radical (unpaired) electrons. The van der Waals surface area contributed by atoms with E-state index in [-0.39, 0.29) is 11.9 Å². The minimum Gasteiger partial charge on any atom is -0.399 e. The molecule has 5 nitrogen and oxygen atoms in total. The molecule has 0 spiro atoms. The standard InChI is InChI=1S/C12H19N3O2/c1-8(3-4-17-2)15-12(16)9-5-10(13)7-11(14)6-9/h5-8H,3-4,13-14H2,1-2H3,(H,15,16). The number of anilines is 2. The van der Waals surface area contributed by atoms with Gasteiger partial charge in [-0.3, -0.25) is 4.79 Å². The third kappa shape index (κ3) is 4.32. The quantitative estimate of drug-likeness (QED) is 0.666. The van der Waals surface area contributed by atoms with Gasteiger partial charge in [0.15, 0.2) is 0 Å². The number of hydrogen-bond donors (Lipinski definition) is 3. The lowest BCUT2D eigenvalue weighted by Gasteiger charge is -2.13. The van der Waals surface area contributed by atoms with Crippen LogP contribution >= 0.6 is 0 Å². The number of hydrogen-bond acceptors (Lipinski definition) is 4. The van der Waals surface area contributed by atoms with Crippen LogP contribution in [0.25, 0.3) is 0 Å². The highest BCUT2D eigenvalue weighted by Gasteiger charge is 2.10. The molecule has 17 heavy (non-hydrogen) atoms. The Morgan fingerprint density at radius 2 is 1.94 bits per heavy atom. The number of rotatable bonds is 5. The number of amides is 1. The summed E-state index contributed by atoms with van der Waals surface area (Å²) >= 11 is 0. The van der Waals surface area contributed by atoms with Gasteiger partial charge in [-0.1, -0.05) is 0 Å². The predicted molar refractivity (Wildman–Crippen MR) is 68.7 cm³/mol. The molecule has 5 heteroatoms. The van der Waals surface area contributed by atoms with Crippen LogP contribution in [0.15, 0.2) is 18.2 Å². The molecule has 0 fully saturated rings. The highest BCUT2D eigenvalue weighted by Crippen LogP contribution is 2.13. The van der Waals surface area contributed by atoms with Gasteiger partial charge in [0.2, 0.25) is 0 Å². The summed E-state index contributed by atoms with van der Waals surface area (Å²) in [7, 11) is 1.63. The van der Waals surface area contributed by atoms with Crippen LogP contribution < -0.4 is 16.8 Å². The molecule has 0 aliphatic carbocycles. The molecule has 0 saturated heterocycles. The molecule has 0 aliphatic rings. The zero-order valence-corrected chi connectivity index (χ0v) is 10.2. The van der Waals surface area contributed by atoms with E-state index in [4.69, 9.17) is 16.2 Å². The molecule has 1 aromatic rings. The number of methoxy groups -OCH3 is 1. The second-order valence-electron chi connectivity index (χ2n) is 4.04. The first-order valence-electron chi connectivity index (χ1n) is 5.48. The molecule has 1 amide bonds. The highest BCUT2D eigenvalue weighted by atomic mass is 16.5. The fourth-order valence-corrected chi connectivity index (χ4v) is 1.48. The van der Waals surface area contributed by atoms with Crippen LogP contribution in [0.4, 0.5) is 11.4 Å². The molecule has 0 aliphatic heterocycles. The van der Waals surface area contributed by atoms with Gasteiger partial charge < -0.3 is 21.5 Å². The summed E-state index contributed by atoms with van der Waals surface area (Å²) in [6.07, 6.45) is 0.764. The normalized spacial score (nSPS) is 12.1. The van der Waals surface area contributed by atoms with Crippen LogP contribution in [0.1, 0.15) is 23.7 Å². The zero-order valence-electron chi connectivity index (χ0n) is 10.2. The molecule has 1 unspecified atom stereocenters. The van der Waals surface area contributed by atoms with E-state index in [2.05, 4.69) is 5.32 Å². The van der Waals surface area contributed by atoms with Crippen molar-refractivity contribution >= 4 is 17.3 Å².